The Balaban J connectivity index is 1.39. The average molecular weight is 350 g/mol. The SMILES string of the molecule is Cc1oc(-c2ccccc2)nc1CC(=O)N1CCC(c2ncc[nH]2)CC1. The largest absolute Gasteiger partial charge is 0.441 e. The van der Waals surface area contributed by atoms with E-state index < -0.39 is 0 Å². The van der Waals surface area contributed by atoms with Crippen molar-refractivity contribution < 1.29 is 9.21 Å². The van der Waals surface area contributed by atoms with Gasteiger partial charge in [-0.1, -0.05) is 18.2 Å². The van der Waals surface area contributed by atoms with Gasteiger partial charge in [-0.3, -0.25) is 4.79 Å². The highest BCUT2D eigenvalue weighted by Crippen LogP contribution is 2.26. The lowest BCUT2D eigenvalue weighted by Gasteiger charge is -2.31. The molecule has 2 aromatic heterocycles. The van der Waals surface area contributed by atoms with Crippen LogP contribution in [-0.4, -0.2) is 38.8 Å². The van der Waals surface area contributed by atoms with E-state index in [9.17, 15) is 4.79 Å². The van der Waals surface area contributed by atoms with Crippen LogP contribution in [0.5, 0.6) is 0 Å². The Kier molecular flexibility index (Phi) is 4.56. The van der Waals surface area contributed by atoms with Gasteiger partial charge in [0.1, 0.15) is 11.6 Å². The van der Waals surface area contributed by atoms with Gasteiger partial charge in [-0.15, -0.1) is 0 Å². The zero-order chi connectivity index (χ0) is 17.9. The van der Waals surface area contributed by atoms with Crippen LogP contribution in [0.3, 0.4) is 0 Å². The summed E-state index contributed by atoms with van der Waals surface area (Å²) in [6.45, 7) is 3.38. The van der Waals surface area contributed by atoms with Crippen molar-refractivity contribution in [2.75, 3.05) is 13.1 Å². The fourth-order valence-corrected chi connectivity index (χ4v) is 3.45. The second-order valence-electron chi connectivity index (χ2n) is 6.69. The molecule has 1 aromatic carbocycles. The number of likely N-dealkylation sites (tertiary alicyclic amines) is 1. The number of hydrogen-bond acceptors (Lipinski definition) is 4. The molecule has 0 bridgehead atoms. The second kappa shape index (κ2) is 7.15. The Morgan fingerprint density at radius 2 is 2.04 bits per heavy atom. The van der Waals surface area contributed by atoms with E-state index >= 15 is 0 Å². The lowest BCUT2D eigenvalue weighted by molar-refractivity contribution is -0.131. The standard InChI is InChI=1S/C20H22N4O2/c1-14-17(23-20(26-14)16-5-3-2-4-6-16)13-18(25)24-11-7-15(8-12-24)19-21-9-10-22-19/h2-6,9-10,15H,7-8,11-13H2,1H3,(H,21,22). The lowest BCUT2D eigenvalue weighted by Crippen LogP contribution is -2.39. The molecule has 1 fully saturated rings. The number of aryl methyl sites for hydroxylation is 1. The van der Waals surface area contributed by atoms with Gasteiger partial charge < -0.3 is 14.3 Å². The number of aromatic nitrogens is 3. The van der Waals surface area contributed by atoms with Crippen molar-refractivity contribution >= 4 is 5.91 Å². The first-order valence-electron chi connectivity index (χ1n) is 8.99. The number of imidazole rings is 1. The molecule has 1 amide bonds. The van der Waals surface area contributed by atoms with E-state index in [2.05, 4.69) is 15.0 Å². The van der Waals surface area contributed by atoms with Crippen LogP contribution >= 0.6 is 0 Å². The van der Waals surface area contributed by atoms with E-state index in [0.29, 0.717) is 17.6 Å². The monoisotopic (exact) mass is 350 g/mol. The number of aromatic amines is 1. The molecular weight excluding hydrogens is 328 g/mol. The topological polar surface area (TPSA) is 75.0 Å². The summed E-state index contributed by atoms with van der Waals surface area (Å²) in [5, 5.41) is 0. The quantitative estimate of drug-likeness (QED) is 0.783. The zero-order valence-corrected chi connectivity index (χ0v) is 14.8. The minimum Gasteiger partial charge on any atom is -0.441 e. The summed E-state index contributed by atoms with van der Waals surface area (Å²) < 4.78 is 5.76. The number of hydrogen-bond donors (Lipinski definition) is 1. The van der Waals surface area contributed by atoms with E-state index in [4.69, 9.17) is 4.42 Å². The number of carbonyl (C=O) groups excluding carboxylic acids is 1. The van der Waals surface area contributed by atoms with Gasteiger partial charge in [0.25, 0.3) is 0 Å². The molecule has 3 aromatic rings. The Bertz CT molecular complexity index is 863. The Hall–Kier alpha value is -2.89. The van der Waals surface area contributed by atoms with Gasteiger partial charge in [-0.05, 0) is 31.9 Å². The molecule has 134 valence electrons. The minimum atomic E-state index is 0.110. The zero-order valence-electron chi connectivity index (χ0n) is 14.8. The van der Waals surface area contributed by atoms with Crippen LogP contribution < -0.4 is 0 Å². The summed E-state index contributed by atoms with van der Waals surface area (Å²) in [6, 6.07) is 9.76. The third-order valence-corrected chi connectivity index (χ3v) is 4.99. The molecule has 0 radical (unpaired) electrons. The highest BCUT2D eigenvalue weighted by Gasteiger charge is 2.26. The number of H-pyrrole nitrogens is 1. The summed E-state index contributed by atoms with van der Waals surface area (Å²) >= 11 is 0. The van der Waals surface area contributed by atoms with Crippen LogP contribution in [0.25, 0.3) is 11.5 Å². The fourth-order valence-electron chi connectivity index (χ4n) is 3.45. The normalized spacial score (nSPS) is 15.3. The number of rotatable bonds is 4. The van der Waals surface area contributed by atoms with Crippen molar-refractivity contribution in [1.82, 2.24) is 19.9 Å². The fraction of sp³-hybridized carbons (Fsp3) is 0.350. The van der Waals surface area contributed by atoms with Crippen LogP contribution in [0.1, 0.15) is 36.0 Å². The third kappa shape index (κ3) is 3.40. The Labute approximate surface area is 152 Å². The number of amides is 1. The number of nitrogens with one attached hydrogen (secondary N) is 1. The highest BCUT2D eigenvalue weighted by atomic mass is 16.4. The molecule has 0 atom stereocenters. The van der Waals surface area contributed by atoms with Crippen molar-refractivity contribution in [3.05, 3.63) is 60.0 Å². The van der Waals surface area contributed by atoms with Crippen LogP contribution in [0.2, 0.25) is 0 Å². The second-order valence-corrected chi connectivity index (χ2v) is 6.69. The van der Waals surface area contributed by atoms with Crippen molar-refractivity contribution in [2.45, 2.75) is 32.1 Å². The number of piperidine rings is 1. The summed E-state index contributed by atoms with van der Waals surface area (Å²) in [4.78, 5) is 26.7. The number of oxazole rings is 1. The van der Waals surface area contributed by atoms with Crippen LogP contribution in [0.4, 0.5) is 0 Å². The van der Waals surface area contributed by atoms with Gasteiger partial charge >= 0.3 is 0 Å². The average Bonchev–Trinajstić information content (AvgIpc) is 3.33. The molecule has 1 saturated heterocycles. The van der Waals surface area contributed by atoms with Crippen molar-refractivity contribution in [3.63, 3.8) is 0 Å². The molecule has 1 aliphatic heterocycles. The third-order valence-electron chi connectivity index (χ3n) is 4.99. The Morgan fingerprint density at radius 1 is 1.27 bits per heavy atom. The molecule has 6 nitrogen and oxygen atoms in total. The van der Waals surface area contributed by atoms with Gasteiger partial charge in [0.15, 0.2) is 0 Å². The first-order chi connectivity index (χ1) is 12.7. The summed E-state index contributed by atoms with van der Waals surface area (Å²) in [5.41, 5.74) is 1.65. The molecule has 6 heteroatoms. The first-order valence-corrected chi connectivity index (χ1v) is 8.99. The summed E-state index contributed by atoms with van der Waals surface area (Å²) in [6.07, 6.45) is 5.79. The molecule has 1 N–H and O–H groups in total. The predicted octanol–water partition coefficient (Wildman–Crippen LogP) is 3.32. The summed E-state index contributed by atoms with van der Waals surface area (Å²) in [5.74, 6) is 2.83. The molecule has 0 saturated carbocycles. The molecule has 0 aliphatic carbocycles. The van der Waals surface area contributed by atoms with Crippen LogP contribution in [0.15, 0.2) is 47.1 Å². The number of carbonyl (C=O) groups is 1. The van der Waals surface area contributed by atoms with Gasteiger partial charge in [0.2, 0.25) is 11.8 Å². The van der Waals surface area contributed by atoms with Crippen LogP contribution in [0, 0.1) is 6.92 Å². The maximum atomic E-state index is 12.7. The molecular formula is C20H22N4O2. The van der Waals surface area contributed by atoms with E-state index in [1.807, 2.05) is 48.4 Å². The van der Waals surface area contributed by atoms with E-state index in [-0.39, 0.29) is 12.3 Å². The molecule has 3 heterocycles. The maximum Gasteiger partial charge on any atom is 0.228 e. The van der Waals surface area contributed by atoms with Gasteiger partial charge in [0, 0.05) is 37.0 Å². The molecule has 0 spiro atoms. The smallest absolute Gasteiger partial charge is 0.228 e. The highest BCUT2D eigenvalue weighted by molar-refractivity contribution is 5.78. The van der Waals surface area contributed by atoms with Gasteiger partial charge in [-0.2, -0.15) is 0 Å². The number of benzene rings is 1. The molecule has 4 rings (SSSR count). The number of nitrogens with zero attached hydrogens (tertiary/aromatic N) is 3. The van der Waals surface area contributed by atoms with Gasteiger partial charge in [-0.25, -0.2) is 9.97 Å². The van der Waals surface area contributed by atoms with Gasteiger partial charge in [0.05, 0.1) is 12.1 Å². The van der Waals surface area contributed by atoms with E-state index in [1.165, 1.54) is 0 Å². The maximum absolute atomic E-state index is 12.7. The molecule has 26 heavy (non-hydrogen) atoms. The van der Waals surface area contributed by atoms with Crippen molar-refractivity contribution in [2.24, 2.45) is 0 Å². The Morgan fingerprint density at radius 3 is 2.73 bits per heavy atom. The van der Waals surface area contributed by atoms with E-state index in [1.54, 1.807) is 6.20 Å². The van der Waals surface area contributed by atoms with E-state index in [0.717, 1.165) is 43.0 Å². The van der Waals surface area contributed by atoms with Crippen molar-refractivity contribution in [3.8, 4) is 11.5 Å². The minimum absolute atomic E-state index is 0.110. The van der Waals surface area contributed by atoms with Crippen LogP contribution in [-0.2, 0) is 11.2 Å². The molecule has 0 unspecified atom stereocenters. The first kappa shape index (κ1) is 16.6. The lowest BCUT2D eigenvalue weighted by atomic mass is 9.96. The summed E-state index contributed by atoms with van der Waals surface area (Å²) in [7, 11) is 0. The molecule has 1 aliphatic rings. The van der Waals surface area contributed by atoms with Crippen molar-refractivity contribution in [1.29, 1.82) is 0 Å². The predicted molar refractivity (Wildman–Crippen MR) is 97.5 cm³/mol.